The molecule has 1 radical (unpaired) electrons. The number of aryl methyl sites for hydroxylation is 4. The molecule has 8 aromatic rings. The van der Waals surface area contributed by atoms with Gasteiger partial charge in [-0.2, -0.15) is 20.4 Å². The quantitative estimate of drug-likeness (QED) is 0.0447. The van der Waals surface area contributed by atoms with Crippen molar-refractivity contribution in [1.29, 1.82) is 0 Å². The molecule has 0 aliphatic heterocycles. The number of hydrogen-bond donors (Lipinski definition) is 8. The summed E-state index contributed by atoms with van der Waals surface area (Å²) in [5, 5.41) is 91.8. The molecule has 4 aromatic carbocycles. The van der Waals surface area contributed by atoms with Crippen LogP contribution in [0.4, 0.5) is 0 Å². The van der Waals surface area contributed by atoms with Crippen molar-refractivity contribution in [2.24, 2.45) is 21.7 Å². The molecule has 0 saturated heterocycles. The van der Waals surface area contributed by atoms with E-state index >= 15 is 0 Å². The SMILES string of the molecule is CC(C)(C)[C@@](O)(CCc1ccc(Cl)cc1)Cn1cncn1.CC(C)(C)[C@@](O)(CCc1ccc(Cl)cc1)Cn1cncn1.CC(C)(C)[C@](O)(CCc1ccc(Cl)cc1)Cn1cncn1.CC(C)(C)[C@](O)(CCc1ccc(Cl)cc1)Cn1cncn1.CO.CO.CO.CO.[Cl-].[Cl-].[Co+2]. The molecule has 0 saturated carbocycles. The van der Waals surface area contributed by atoms with Gasteiger partial charge in [-0.1, -0.05) is 178 Å². The summed E-state index contributed by atoms with van der Waals surface area (Å²) in [4.78, 5) is 15.8. The Morgan fingerprint density at radius 3 is 0.558 bits per heavy atom. The fraction of sp³-hybridized carbons (Fsp3) is 0.529. The van der Waals surface area contributed by atoms with Gasteiger partial charge in [0.2, 0.25) is 0 Å². The third-order valence-corrected chi connectivity index (χ3v) is 17.1. The van der Waals surface area contributed by atoms with Crippen molar-refractivity contribution in [3.8, 4) is 0 Å². The zero-order valence-corrected chi connectivity index (χ0v) is 63.5. The van der Waals surface area contributed by atoms with Gasteiger partial charge in [-0.15, -0.1) is 0 Å². The first-order valence-corrected chi connectivity index (χ1v) is 31.7. The van der Waals surface area contributed by atoms with Gasteiger partial charge in [-0.05, 0) is 144 Å². The monoisotopic (exact) mass is 1490 g/mol. The zero-order chi connectivity index (χ0) is 70.0. The summed E-state index contributed by atoms with van der Waals surface area (Å²) in [6.07, 6.45) is 18.3. The maximum atomic E-state index is 11.1. The van der Waals surface area contributed by atoms with E-state index in [4.69, 9.17) is 66.8 Å². The van der Waals surface area contributed by atoms with Crippen LogP contribution in [0.2, 0.25) is 20.1 Å². The molecule has 8 N–H and O–H groups in total. The van der Waals surface area contributed by atoms with Crippen molar-refractivity contribution in [3.63, 3.8) is 0 Å². The Morgan fingerprint density at radius 2 is 0.442 bits per heavy atom. The van der Waals surface area contributed by atoms with Crippen molar-refractivity contribution in [3.05, 3.63) is 190 Å². The molecular formula is C68H104Cl6CoN12O8. The van der Waals surface area contributed by atoms with Gasteiger partial charge in [0.15, 0.2) is 0 Å². The van der Waals surface area contributed by atoms with Gasteiger partial charge in [-0.3, -0.25) is 18.7 Å². The Bertz CT molecular complexity index is 2700. The number of aliphatic hydroxyl groups is 8. The van der Waals surface area contributed by atoms with Crippen LogP contribution in [0.1, 0.15) is 131 Å². The van der Waals surface area contributed by atoms with Crippen molar-refractivity contribution in [2.45, 2.75) is 183 Å². The van der Waals surface area contributed by atoms with Crippen LogP contribution in [0.25, 0.3) is 0 Å². The molecule has 0 amide bonds. The molecule has 0 aliphatic carbocycles. The molecule has 20 nitrogen and oxygen atoms in total. The van der Waals surface area contributed by atoms with Crippen LogP contribution < -0.4 is 24.8 Å². The molecule has 4 heterocycles. The van der Waals surface area contributed by atoms with E-state index < -0.39 is 22.4 Å². The van der Waals surface area contributed by atoms with Crippen molar-refractivity contribution >= 4 is 46.4 Å². The molecule has 8 rings (SSSR count). The summed E-state index contributed by atoms with van der Waals surface area (Å²) in [6, 6.07) is 31.0. The topological polar surface area (TPSA) is 285 Å². The summed E-state index contributed by atoms with van der Waals surface area (Å²) >= 11 is 23.6. The summed E-state index contributed by atoms with van der Waals surface area (Å²) in [5.74, 6) is 0. The van der Waals surface area contributed by atoms with Crippen LogP contribution in [0.3, 0.4) is 0 Å². The minimum absolute atomic E-state index is 0. The standard InChI is InChI=1S/4C16H22ClN3O.4CH4O.2ClH.Co/c4*1-15(2,3)16(21,10-20-12-18-11-19-20)9-8-13-4-6-14(17)7-5-13;4*1-2;;;/h4*4-7,11-12,21H,8-10H2,1-3H3;4*2H,1H3;2*1H;/q;;;;;;;;;;+2/p-2/t4*16-;;;;;;;/m1100......./s1. The Hall–Kier alpha value is -4.63. The van der Waals surface area contributed by atoms with E-state index in [0.717, 1.165) is 74.2 Å². The smallest absolute Gasteiger partial charge is 1.00 e. The van der Waals surface area contributed by atoms with E-state index in [2.05, 4.69) is 40.3 Å². The molecule has 0 unspecified atom stereocenters. The Balaban J connectivity index is -0.00000113. The van der Waals surface area contributed by atoms with Gasteiger partial charge in [-0.25, -0.2) is 19.9 Å². The van der Waals surface area contributed by atoms with E-state index in [1.54, 1.807) is 44.0 Å². The fourth-order valence-electron chi connectivity index (χ4n) is 9.10. The number of benzene rings is 4. The van der Waals surface area contributed by atoms with Gasteiger partial charge in [0.25, 0.3) is 0 Å². The van der Waals surface area contributed by atoms with Crippen molar-refractivity contribution < 1.29 is 82.4 Å². The van der Waals surface area contributed by atoms with E-state index in [9.17, 15) is 20.4 Å². The Kier molecular flexibility index (Phi) is 45.6. The molecular weight excluding hydrogens is 1380 g/mol. The van der Waals surface area contributed by atoms with Crippen LogP contribution >= 0.6 is 46.4 Å². The second kappa shape index (κ2) is 45.9. The zero-order valence-electron chi connectivity index (χ0n) is 57.9. The van der Waals surface area contributed by atoms with Gasteiger partial charge in [0.1, 0.15) is 50.6 Å². The predicted octanol–water partition coefficient (Wildman–Crippen LogP) is 5.81. The average Bonchev–Trinajstić information content (AvgIpc) is 1.70. The summed E-state index contributed by atoms with van der Waals surface area (Å²) in [6.45, 7) is 26.3. The van der Waals surface area contributed by atoms with Gasteiger partial charge >= 0.3 is 16.8 Å². The van der Waals surface area contributed by atoms with Crippen molar-refractivity contribution in [2.75, 3.05) is 28.4 Å². The van der Waals surface area contributed by atoms with Crippen LogP contribution in [0.15, 0.2) is 148 Å². The normalized spacial score (nSPS) is 13.4. The first-order valence-electron chi connectivity index (χ1n) is 30.2. The largest absolute Gasteiger partial charge is 2.00 e. The molecule has 4 aromatic heterocycles. The molecule has 27 heteroatoms. The molecule has 0 bridgehead atoms. The average molecular weight is 1490 g/mol. The minimum atomic E-state index is -0.861. The molecule has 535 valence electrons. The van der Waals surface area contributed by atoms with Crippen LogP contribution in [0, 0.1) is 21.7 Å². The number of halogens is 6. The molecule has 4 atom stereocenters. The fourth-order valence-corrected chi connectivity index (χ4v) is 9.61. The summed E-state index contributed by atoms with van der Waals surface area (Å²) in [5.41, 5.74) is 0.192. The van der Waals surface area contributed by atoms with E-state index in [1.165, 1.54) is 47.6 Å². The third kappa shape index (κ3) is 33.2. The number of aromatic nitrogens is 12. The Labute approximate surface area is 607 Å². The summed E-state index contributed by atoms with van der Waals surface area (Å²) in [7, 11) is 4.00. The predicted molar refractivity (Wildman–Crippen MR) is 369 cm³/mol. The molecule has 95 heavy (non-hydrogen) atoms. The van der Waals surface area contributed by atoms with Crippen LogP contribution in [0.5, 0.6) is 0 Å². The Morgan fingerprint density at radius 1 is 0.295 bits per heavy atom. The van der Waals surface area contributed by atoms with Gasteiger partial charge in [0, 0.05) is 48.5 Å². The number of nitrogens with zero attached hydrogens (tertiary/aromatic N) is 12. The molecule has 0 aliphatic rings. The molecule has 0 spiro atoms. The third-order valence-electron chi connectivity index (χ3n) is 16.1. The number of hydrogen-bond acceptors (Lipinski definition) is 16. The maximum Gasteiger partial charge on any atom is 2.00 e. The molecule has 0 fully saturated rings. The number of rotatable bonds is 20. The van der Waals surface area contributed by atoms with E-state index in [-0.39, 0.29) is 63.3 Å². The van der Waals surface area contributed by atoms with E-state index in [0.29, 0.717) is 51.9 Å². The van der Waals surface area contributed by atoms with Gasteiger partial charge < -0.3 is 65.7 Å². The maximum absolute atomic E-state index is 11.1. The second-order valence-corrected chi connectivity index (χ2v) is 27.8. The van der Waals surface area contributed by atoms with Crippen LogP contribution in [-0.2, 0) is 68.6 Å². The van der Waals surface area contributed by atoms with Crippen molar-refractivity contribution in [1.82, 2.24) is 59.1 Å². The first-order chi connectivity index (χ1) is 43.2. The number of aliphatic hydroxyl groups excluding tert-OH is 4. The van der Waals surface area contributed by atoms with Gasteiger partial charge in [0.05, 0.1) is 48.6 Å². The second-order valence-electron chi connectivity index (χ2n) is 26.0. The summed E-state index contributed by atoms with van der Waals surface area (Å²) < 4.78 is 6.75. The van der Waals surface area contributed by atoms with Crippen LogP contribution in [-0.4, -0.2) is 151 Å². The first kappa shape index (κ1) is 94.6. The van der Waals surface area contributed by atoms with E-state index in [1.807, 2.05) is 180 Å². The minimum Gasteiger partial charge on any atom is -1.00 e.